The number of aromatic nitrogens is 2. The molecule has 9 heteroatoms. The smallest absolute Gasteiger partial charge is 0.278 e. The molecule has 0 atom stereocenters. The van der Waals surface area contributed by atoms with Crippen LogP contribution in [-0.2, 0) is 6.54 Å². The number of amides is 1. The normalized spacial score (nSPS) is 14.0. The first-order valence-corrected chi connectivity index (χ1v) is 10.7. The first kappa shape index (κ1) is 22.5. The van der Waals surface area contributed by atoms with E-state index in [4.69, 9.17) is 15.2 Å². The SMILES string of the molecule is COc1cc(NC(=O)c2nc(-c3ccc(CN4CCNCC4)cc3)cnc2N)cc(OC)c1. The Kier molecular flexibility index (Phi) is 7.01. The molecule has 1 saturated heterocycles. The predicted molar refractivity (Wildman–Crippen MR) is 128 cm³/mol. The van der Waals surface area contributed by atoms with Crippen LogP contribution in [0.15, 0.2) is 48.7 Å². The number of piperazine rings is 1. The van der Waals surface area contributed by atoms with Gasteiger partial charge in [-0.15, -0.1) is 0 Å². The largest absolute Gasteiger partial charge is 0.497 e. The maximum absolute atomic E-state index is 12.9. The maximum Gasteiger partial charge on any atom is 0.278 e. The fourth-order valence-electron chi connectivity index (χ4n) is 3.68. The molecule has 3 aromatic rings. The Bertz CT molecular complexity index is 1090. The highest BCUT2D eigenvalue weighted by molar-refractivity contribution is 6.06. The minimum absolute atomic E-state index is 0.0548. The first-order valence-electron chi connectivity index (χ1n) is 10.7. The molecule has 1 fully saturated rings. The lowest BCUT2D eigenvalue weighted by atomic mass is 10.1. The molecule has 1 aliphatic heterocycles. The van der Waals surface area contributed by atoms with Gasteiger partial charge in [0.25, 0.3) is 5.91 Å². The lowest BCUT2D eigenvalue weighted by molar-refractivity contribution is 0.102. The van der Waals surface area contributed by atoms with Crippen molar-refractivity contribution in [3.05, 3.63) is 59.9 Å². The second kappa shape index (κ2) is 10.3. The van der Waals surface area contributed by atoms with Gasteiger partial charge in [0.05, 0.1) is 26.1 Å². The number of hydrogen-bond acceptors (Lipinski definition) is 8. The Morgan fingerprint density at radius 3 is 2.39 bits per heavy atom. The molecule has 0 spiro atoms. The number of ether oxygens (including phenoxy) is 2. The fraction of sp³-hybridized carbons (Fsp3) is 0.292. The van der Waals surface area contributed by atoms with Crippen LogP contribution >= 0.6 is 0 Å². The topological polar surface area (TPSA) is 115 Å². The second-order valence-corrected chi connectivity index (χ2v) is 7.77. The van der Waals surface area contributed by atoms with Gasteiger partial charge in [0.2, 0.25) is 0 Å². The number of methoxy groups -OCH3 is 2. The van der Waals surface area contributed by atoms with Gasteiger partial charge >= 0.3 is 0 Å². The lowest BCUT2D eigenvalue weighted by Gasteiger charge is -2.27. The van der Waals surface area contributed by atoms with Gasteiger partial charge in [0.1, 0.15) is 11.5 Å². The number of nitrogens with zero attached hydrogens (tertiary/aromatic N) is 3. The zero-order valence-electron chi connectivity index (χ0n) is 18.8. The van der Waals surface area contributed by atoms with Gasteiger partial charge < -0.3 is 25.8 Å². The quantitative estimate of drug-likeness (QED) is 0.505. The van der Waals surface area contributed by atoms with Gasteiger partial charge in [-0.2, -0.15) is 0 Å². The van der Waals surface area contributed by atoms with Crippen molar-refractivity contribution in [1.29, 1.82) is 0 Å². The summed E-state index contributed by atoms with van der Waals surface area (Å²) in [7, 11) is 3.09. The van der Waals surface area contributed by atoms with Gasteiger partial charge in [-0.05, 0) is 5.56 Å². The fourth-order valence-corrected chi connectivity index (χ4v) is 3.68. The van der Waals surface area contributed by atoms with Gasteiger partial charge in [-0.1, -0.05) is 24.3 Å². The van der Waals surface area contributed by atoms with Crippen molar-refractivity contribution >= 4 is 17.4 Å². The molecule has 1 aromatic heterocycles. The Morgan fingerprint density at radius 1 is 1.09 bits per heavy atom. The standard InChI is InChI=1S/C24H28N6O3/c1-32-19-11-18(12-20(13-19)33-2)28-24(31)22-23(25)27-14-21(29-22)17-5-3-16(4-6-17)15-30-9-7-26-8-10-30/h3-6,11-14,26H,7-10,15H2,1-2H3,(H2,25,27)(H,28,31). The molecule has 1 aliphatic rings. The highest BCUT2D eigenvalue weighted by Crippen LogP contribution is 2.27. The van der Waals surface area contributed by atoms with Crippen molar-refractivity contribution in [2.45, 2.75) is 6.54 Å². The number of hydrogen-bond donors (Lipinski definition) is 3. The van der Waals surface area contributed by atoms with Crippen LogP contribution in [0.2, 0.25) is 0 Å². The average molecular weight is 449 g/mol. The van der Waals surface area contributed by atoms with Crippen LogP contribution in [-0.4, -0.2) is 61.2 Å². The molecule has 0 radical (unpaired) electrons. The highest BCUT2D eigenvalue weighted by atomic mass is 16.5. The van der Waals surface area contributed by atoms with Crippen molar-refractivity contribution in [3.63, 3.8) is 0 Å². The van der Waals surface area contributed by atoms with E-state index in [0.717, 1.165) is 38.3 Å². The number of nitrogens with one attached hydrogen (secondary N) is 2. The van der Waals surface area contributed by atoms with Crippen molar-refractivity contribution < 1.29 is 14.3 Å². The van der Waals surface area contributed by atoms with E-state index < -0.39 is 5.91 Å². The van der Waals surface area contributed by atoms with Gasteiger partial charge in [0.15, 0.2) is 11.5 Å². The van der Waals surface area contributed by atoms with Crippen LogP contribution in [0.1, 0.15) is 16.1 Å². The number of carbonyl (C=O) groups is 1. The number of anilines is 2. The third-order valence-electron chi connectivity index (χ3n) is 5.49. The van der Waals surface area contributed by atoms with E-state index >= 15 is 0 Å². The van der Waals surface area contributed by atoms with E-state index in [-0.39, 0.29) is 11.5 Å². The summed E-state index contributed by atoms with van der Waals surface area (Å²) in [5.41, 5.74) is 9.19. The lowest BCUT2D eigenvalue weighted by Crippen LogP contribution is -2.42. The third kappa shape index (κ3) is 5.57. The Morgan fingerprint density at radius 2 is 1.76 bits per heavy atom. The Balaban J connectivity index is 1.51. The van der Waals surface area contributed by atoms with Crippen molar-refractivity contribution in [1.82, 2.24) is 20.2 Å². The van der Waals surface area contributed by atoms with E-state index in [0.29, 0.717) is 22.9 Å². The zero-order valence-corrected chi connectivity index (χ0v) is 18.8. The molecule has 4 N–H and O–H groups in total. The highest BCUT2D eigenvalue weighted by Gasteiger charge is 2.16. The van der Waals surface area contributed by atoms with Crippen LogP contribution in [0, 0.1) is 0 Å². The summed E-state index contributed by atoms with van der Waals surface area (Å²) in [5, 5.41) is 6.15. The Labute approximate surface area is 192 Å². The average Bonchev–Trinajstić information content (AvgIpc) is 2.85. The molecule has 2 heterocycles. The van der Waals surface area contributed by atoms with E-state index in [1.165, 1.54) is 5.56 Å². The molecule has 9 nitrogen and oxygen atoms in total. The van der Waals surface area contributed by atoms with Crippen LogP contribution < -0.4 is 25.8 Å². The first-order chi connectivity index (χ1) is 16.1. The third-order valence-corrected chi connectivity index (χ3v) is 5.49. The number of carbonyl (C=O) groups excluding carboxylic acids is 1. The number of benzene rings is 2. The van der Waals surface area contributed by atoms with E-state index in [1.54, 1.807) is 38.6 Å². The van der Waals surface area contributed by atoms with Crippen LogP contribution in [0.25, 0.3) is 11.3 Å². The molecule has 0 aliphatic carbocycles. The van der Waals surface area contributed by atoms with E-state index in [2.05, 4.69) is 37.6 Å². The molecular formula is C24H28N6O3. The van der Waals surface area contributed by atoms with Crippen LogP contribution in [0.3, 0.4) is 0 Å². The minimum atomic E-state index is -0.465. The van der Waals surface area contributed by atoms with E-state index in [1.807, 2.05) is 12.1 Å². The second-order valence-electron chi connectivity index (χ2n) is 7.77. The number of nitrogen functional groups attached to an aromatic ring is 1. The van der Waals surface area contributed by atoms with Crippen molar-refractivity contribution in [3.8, 4) is 22.8 Å². The summed E-state index contributed by atoms with van der Waals surface area (Å²) in [6.45, 7) is 5.04. The van der Waals surface area contributed by atoms with Gasteiger partial charge in [-0.3, -0.25) is 9.69 Å². The molecule has 0 saturated carbocycles. The van der Waals surface area contributed by atoms with E-state index in [9.17, 15) is 4.79 Å². The summed E-state index contributed by atoms with van der Waals surface area (Å²) in [5.74, 6) is 0.700. The minimum Gasteiger partial charge on any atom is -0.497 e. The predicted octanol–water partition coefficient (Wildman–Crippen LogP) is 2.40. The zero-order chi connectivity index (χ0) is 23.2. The molecule has 4 rings (SSSR count). The summed E-state index contributed by atoms with van der Waals surface area (Å²) in [4.78, 5) is 24.0. The van der Waals surface area contributed by atoms with Crippen molar-refractivity contribution in [2.24, 2.45) is 0 Å². The number of rotatable bonds is 7. The summed E-state index contributed by atoms with van der Waals surface area (Å²) < 4.78 is 10.5. The molecular weight excluding hydrogens is 420 g/mol. The maximum atomic E-state index is 12.9. The van der Waals surface area contributed by atoms with Crippen molar-refractivity contribution in [2.75, 3.05) is 51.4 Å². The van der Waals surface area contributed by atoms with Crippen LogP contribution in [0.5, 0.6) is 11.5 Å². The van der Waals surface area contributed by atoms with Gasteiger partial charge in [0, 0.05) is 62.2 Å². The summed E-state index contributed by atoms with van der Waals surface area (Å²) in [6.07, 6.45) is 1.58. The molecule has 2 aromatic carbocycles. The molecule has 33 heavy (non-hydrogen) atoms. The summed E-state index contributed by atoms with van der Waals surface area (Å²) >= 11 is 0. The summed E-state index contributed by atoms with van der Waals surface area (Å²) in [6, 6.07) is 13.2. The Hall–Kier alpha value is -3.69. The molecule has 0 bridgehead atoms. The molecule has 172 valence electrons. The molecule has 0 unspecified atom stereocenters. The number of nitrogens with two attached hydrogens (primary N) is 1. The van der Waals surface area contributed by atoms with Gasteiger partial charge in [-0.25, -0.2) is 9.97 Å². The van der Waals surface area contributed by atoms with Crippen LogP contribution in [0.4, 0.5) is 11.5 Å². The monoisotopic (exact) mass is 448 g/mol. The molecule has 1 amide bonds.